The number of aryl methyl sites for hydroxylation is 1. The van der Waals surface area contributed by atoms with Gasteiger partial charge in [-0.15, -0.1) is 0 Å². The van der Waals surface area contributed by atoms with Gasteiger partial charge in [-0.2, -0.15) is 0 Å². The average Bonchev–Trinajstić information content (AvgIpc) is 2.64. The Hall–Kier alpha value is -2.90. The quantitative estimate of drug-likeness (QED) is 0.335. The molecule has 0 radical (unpaired) electrons. The standard InChI is InChI=1S/C19H15F5O3/c1-8-6-11(9(2)10(3)19(25)26)4-5-13(8)27-7-12-14(20)16(22)18(24)17(23)15(12)21/h4-6H,7H2,1-3H3,(H,25,26)/b10-9-. The van der Waals surface area contributed by atoms with E-state index in [1.165, 1.54) is 19.1 Å². The summed E-state index contributed by atoms with van der Waals surface area (Å²) < 4.78 is 72.1. The monoisotopic (exact) mass is 386 g/mol. The summed E-state index contributed by atoms with van der Waals surface area (Å²) in [5, 5.41) is 9.02. The zero-order chi connectivity index (χ0) is 20.5. The number of allylic oxidation sites excluding steroid dienone is 1. The fourth-order valence-electron chi connectivity index (χ4n) is 2.35. The average molecular weight is 386 g/mol. The third kappa shape index (κ3) is 3.94. The molecule has 0 fully saturated rings. The summed E-state index contributed by atoms with van der Waals surface area (Å²) in [6.07, 6.45) is 0. The topological polar surface area (TPSA) is 46.5 Å². The lowest BCUT2D eigenvalue weighted by atomic mass is 10.0. The molecule has 0 bridgehead atoms. The minimum Gasteiger partial charge on any atom is -0.488 e. The molecule has 0 aromatic heterocycles. The number of halogens is 5. The fourth-order valence-corrected chi connectivity index (χ4v) is 2.35. The maximum atomic E-state index is 13.7. The number of hydrogen-bond donors (Lipinski definition) is 1. The van der Waals surface area contributed by atoms with Crippen LogP contribution < -0.4 is 4.74 Å². The number of aliphatic carboxylic acids is 1. The Morgan fingerprint density at radius 3 is 1.96 bits per heavy atom. The van der Waals surface area contributed by atoms with Gasteiger partial charge >= 0.3 is 5.97 Å². The van der Waals surface area contributed by atoms with Gasteiger partial charge in [0.05, 0.1) is 5.56 Å². The maximum Gasteiger partial charge on any atom is 0.331 e. The molecular weight excluding hydrogens is 371 g/mol. The first-order chi connectivity index (χ1) is 12.6. The van der Waals surface area contributed by atoms with E-state index in [-0.39, 0.29) is 11.3 Å². The van der Waals surface area contributed by atoms with Gasteiger partial charge in [-0.1, -0.05) is 6.07 Å². The molecule has 27 heavy (non-hydrogen) atoms. The minimum atomic E-state index is -2.23. The highest BCUT2D eigenvalue weighted by molar-refractivity contribution is 5.95. The van der Waals surface area contributed by atoms with E-state index < -0.39 is 47.2 Å². The van der Waals surface area contributed by atoms with Crippen LogP contribution in [0.25, 0.3) is 5.57 Å². The van der Waals surface area contributed by atoms with E-state index in [9.17, 15) is 26.7 Å². The van der Waals surface area contributed by atoms with Crippen LogP contribution in [0.3, 0.4) is 0 Å². The Kier molecular flexibility index (Phi) is 5.88. The Morgan fingerprint density at radius 2 is 1.48 bits per heavy atom. The second kappa shape index (κ2) is 7.77. The summed E-state index contributed by atoms with van der Waals surface area (Å²) >= 11 is 0. The normalized spacial score (nSPS) is 12.0. The van der Waals surface area contributed by atoms with Crippen molar-refractivity contribution in [3.8, 4) is 5.75 Å². The summed E-state index contributed by atoms with van der Waals surface area (Å²) in [6, 6.07) is 4.55. The first-order valence-corrected chi connectivity index (χ1v) is 7.71. The fraction of sp³-hybridized carbons (Fsp3) is 0.211. The van der Waals surface area contributed by atoms with E-state index in [4.69, 9.17) is 9.84 Å². The molecule has 144 valence electrons. The number of carboxylic acid groups (broad SMARTS) is 1. The molecule has 0 spiro atoms. The van der Waals surface area contributed by atoms with Gasteiger partial charge in [0.2, 0.25) is 5.82 Å². The number of rotatable bonds is 5. The van der Waals surface area contributed by atoms with Crippen LogP contribution in [-0.2, 0) is 11.4 Å². The van der Waals surface area contributed by atoms with Gasteiger partial charge < -0.3 is 9.84 Å². The van der Waals surface area contributed by atoms with Crippen LogP contribution in [0.2, 0.25) is 0 Å². The number of carboxylic acids is 1. The van der Waals surface area contributed by atoms with Gasteiger partial charge in [0.15, 0.2) is 23.3 Å². The molecule has 0 saturated heterocycles. The van der Waals surface area contributed by atoms with E-state index in [1.807, 2.05) is 0 Å². The summed E-state index contributed by atoms with van der Waals surface area (Å²) in [5.74, 6) is -11.1. The lowest BCUT2D eigenvalue weighted by Crippen LogP contribution is -2.10. The van der Waals surface area contributed by atoms with E-state index in [0.717, 1.165) is 0 Å². The zero-order valence-corrected chi connectivity index (χ0v) is 14.6. The Bertz CT molecular complexity index is 922. The molecule has 0 saturated carbocycles. The van der Waals surface area contributed by atoms with Gasteiger partial charge in [-0.05, 0) is 49.6 Å². The second-order valence-corrected chi connectivity index (χ2v) is 5.87. The molecule has 2 aromatic carbocycles. The van der Waals surface area contributed by atoms with Crippen molar-refractivity contribution in [1.29, 1.82) is 0 Å². The predicted octanol–water partition coefficient (Wildman–Crippen LogP) is 5.15. The highest BCUT2D eigenvalue weighted by Crippen LogP contribution is 2.28. The van der Waals surface area contributed by atoms with Crippen LogP contribution in [0.5, 0.6) is 5.75 Å². The summed E-state index contributed by atoms with van der Waals surface area (Å²) in [4.78, 5) is 11.0. The highest BCUT2D eigenvalue weighted by atomic mass is 19.2. The van der Waals surface area contributed by atoms with E-state index in [1.54, 1.807) is 19.9 Å². The second-order valence-electron chi connectivity index (χ2n) is 5.87. The van der Waals surface area contributed by atoms with Crippen LogP contribution in [-0.4, -0.2) is 11.1 Å². The first-order valence-electron chi connectivity index (χ1n) is 7.71. The van der Waals surface area contributed by atoms with Gasteiger partial charge in [0.1, 0.15) is 12.4 Å². The summed E-state index contributed by atoms with van der Waals surface area (Å²) in [7, 11) is 0. The van der Waals surface area contributed by atoms with Gasteiger partial charge in [-0.3, -0.25) is 0 Å². The molecule has 0 aliphatic heterocycles. The van der Waals surface area contributed by atoms with Crippen LogP contribution in [0.1, 0.15) is 30.5 Å². The van der Waals surface area contributed by atoms with E-state index in [2.05, 4.69) is 0 Å². The number of benzene rings is 2. The van der Waals surface area contributed by atoms with Gasteiger partial charge in [-0.25, -0.2) is 26.7 Å². The molecule has 0 aliphatic carbocycles. The first kappa shape index (κ1) is 20.4. The number of hydrogen-bond acceptors (Lipinski definition) is 2. The maximum absolute atomic E-state index is 13.7. The molecule has 8 heteroatoms. The lowest BCUT2D eigenvalue weighted by molar-refractivity contribution is -0.132. The summed E-state index contributed by atoms with van der Waals surface area (Å²) in [5.41, 5.74) is 0.666. The van der Waals surface area contributed by atoms with Crippen LogP contribution in [0.4, 0.5) is 22.0 Å². The zero-order valence-electron chi connectivity index (χ0n) is 14.6. The van der Waals surface area contributed by atoms with E-state index >= 15 is 0 Å². The Labute approximate surface area is 151 Å². The molecule has 0 unspecified atom stereocenters. The van der Waals surface area contributed by atoms with Crippen molar-refractivity contribution in [2.75, 3.05) is 0 Å². The minimum absolute atomic E-state index is 0.143. The van der Waals surface area contributed by atoms with Crippen molar-refractivity contribution in [3.63, 3.8) is 0 Å². The van der Waals surface area contributed by atoms with Crippen molar-refractivity contribution < 1.29 is 36.6 Å². The predicted molar refractivity (Wildman–Crippen MR) is 87.6 cm³/mol. The lowest BCUT2D eigenvalue weighted by Gasteiger charge is -2.13. The SMILES string of the molecule is C/C(C(=O)O)=C(\C)c1ccc(OCc2c(F)c(F)c(F)c(F)c2F)c(C)c1. The molecule has 0 aliphatic rings. The van der Waals surface area contributed by atoms with Gasteiger partial charge in [0, 0.05) is 5.57 Å². The molecular formula is C19H15F5O3. The van der Waals surface area contributed by atoms with Gasteiger partial charge in [0.25, 0.3) is 0 Å². The van der Waals surface area contributed by atoms with Crippen LogP contribution in [0, 0.1) is 36.0 Å². The molecule has 2 aromatic rings. The number of carbonyl (C=O) groups is 1. The van der Waals surface area contributed by atoms with Crippen molar-refractivity contribution in [2.45, 2.75) is 27.4 Å². The highest BCUT2D eigenvalue weighted by Gasteiger charge is 2.26. The van der Waals surface area contributed by atoms with Crippen molar-refractivity contribution in [3.05, 3.63) is 69.5 Å². The van der Waals surface area contributed by atoms with Crippen molar-refractivity contribution in [2.24, 2.45) is 0 Å². The molecule has 2 rings (SSSR count). The molecule has 0 atom stereocenters. The van der Waals surface area contributed by atoms with Crippen molar-refractivity contribution in [1.82, 2.24) is 0 Å². The third-order valence-electron chi connectivity index (χ3n) is 4.16. The molecule has 3 nitrogen and oxygen atoms in total. The smallest absolute Gasteiger partial charge is 0.331 e. The Morgan fingerprint density at radius 1 is 0.963 bits per heavy atom. The third-order valence-corrected chi connectivity index (χ3v) is 4.16. The molecule has 0 heterocycles. The van der Waals surface area contributed by atoms with Crippen molar-refractivity contribution >= 4 is 11.5 Å². The molecule has 1 N–H and O–H groups in total. The molecule has 0 amide bonds. The largest absolute Gasteiger partial charge is 0.488 e. The summed E-state index contributed by atoms with van der Waals surface area (Å²) in [6.45, 7) is 3.80. The Balaban J connectivity index is 2.31. The van der Waals surface area contributed by atoms with E-state index in [0.29, 0.717) is 16.7 Å². The number of ether oxygens (including phenoxy) is 1. The van der Waals surface area contributed by atoms with Crippen LogP contribution in [0.15, 0.2) is 23.8 Å². The van der Waals surface area contributed by atoms with Crippen LogP contribution >= 0.6 is 0 Å².